The maximum absolute atomic E-state index is 13.3. The second-order valence-corrected chi connectivity index (χ2v) is 6.50. The van der Waals surface area contributed by atoms with E-state index in [-0.39, 0.29) is 30.7 Å². The van der Waals surface area contributed by atoms with Crippen molar-refractivity contribution in [3.63, 3.8) is 0 Å². The highest BCUT2D eigenvalue weighted by atomic mass is 32.2. The van der Waals surface area contributed by atoms with E-state index in [0.29, 0.717) is 0 Å². The summed E-state index contributed by atoms with van der Waals surface area (Å²) in [6.07, 6.45) is 0.686. The molecule has 110 valence electrons. The van der Waals surface area contributed by atoms with Crippen molar-refractivity contribution in [3.8, 4) is 5.75 Å². The molecule has 1 aromatic carbocycles. The van der Waals surface area contributed by atoms with E-state index in [0.717, 1.165) is 5.41 Å². The number of halogens is 1. The van der Waals surface area contributed by atoms with E-state index in [1.54, 1.807) is 18.2 Å². The summed E-state index contributed by atoms with van der Waals surface area (Å²) >= 11 is 0. The Bertz CT molecular complexity index is 588. The molecule has 5 nitrogen and oxygen atoms in total. The molecule has 0 aliphatic carbocycles. The zero-order valence-corrected chi connectivity index (χ0v) is 11.5. The van der Waals surface area contributed by atoms with Crippen molar-refractivity contribution in [2.24, 2.45) is 0 Å². The zero-order chi connectivity index (χ0) is 14.6. The summed E-state index contributed by atoms with van der Waals surface area (Å²) in [5.74, 6) is -0.416. The second kappa shape index (κ2) is 6.34. The quantitative estimate of drug-likeness (QED) is 0.798. The molecule has 0 fully saturated rings. The molecule has 1 aliphatic heterocycles. The topological polar surface area (TPSA) is 75.6 Å². The van der Waals surface area contributed by atoms with Gasteiger partial charge in [-0.3, -0.25) is 0 Å². The molecule has 0 aromatic heterocycles. The minimum Gasteiger partial charge on any atom is -0.488 e. The summed E-state index contributed by atoms with van der Waals surface area (Å²) < 4.78 is 40.8. The van der Waals surface area contributed by atoms with Crippen molar-refractivity contribution in [2.75, 3.05) is 18.9 Å². The van der Waals surface area contributed by atoms with Crippen molar-refractivity contribution in [3.05, 3.63) is 41.6 Å². The molecule has 0 saturated carbocycles. The van der Waals surface area contributed by atoms with Crippen LogP contribution in [-0.4, -0.2) is 44.6 Å². The lowest BCUT2D eigenvalue weighted by molar-refractivity contribution is 0.103. The number of para-hydroxylation sites is 1. The molecule has 1 aliphatic rings. The smallest absolute Gasteiger partial charge is 0.173 e. The van der Waals surface area contributed by atoms with Gasteiger partial charge in [-0.15, -0.1) is 0 Å². The predicted octanol–water partition coefficient (Wildman–Crippen LogP) is 0.466. The van der Waals surface area contributed by atoms with Crippen LogP contribution < -0.4 is 10.1 Å². The summed E-state index contributed by atoms with van der Waals surface area (Å²) in [5.41, 5.74) is 0. The Labute approximate surface area is 117 Å². The summed E-state index contributed by atoms with van der Waals surface area (Å²) in [6, 6.07) is 5.63. The Morgan fingerprint density at radius 1 is 1.45 bits per heavy atom. The average molecular weight is 301 g/mol. The number of benzene rings is 1. The van der Waals surface area contributed by atoms with Gasteiger partial charge in [-0.05, 0) is 12.1 Å². The second-order valence-electron chi connectivity index (χ2n) is 4.57. The molecule has 2 rings (SSSR count). The fourth-order valence-electron chi connectivity index (χ4n) is 1.80. The fourth-order valence-corrected chi connectivity index (χ4v) is 3.07. The normalized spacial score (nSPS) is 21.8. The van der Waals surface area contributed by atoms with Crippen molar-refractivity contribution in [1.82, 2.24) is 5.32 Å². The lowest BCUT2D eigenvalue weighted by Gasteiger charge is -2.15. The Kier molecular flexibility index (Phi) is 4.74. The summed E-state index contributed by atoms with van der Waals surface area (Å²) in [5, 5.41) is 13.8. The third-order valence-corrected chi connectivity index (χ3v) is 4.21. The number of rotatable bonds is 6. The molecular weight excluding hydrogens is 285 g/mol. The Morgan fingerprint density at radius 3 is 2.85 bits per heavy atom. The van der Waals surface area contributed by atoms with E-state index in [4.69, 9.17) is 4.74 Å². The fraction of sp³-hybridized carbons (Fsp3) is 0.385. The number of nitrogens with one attached hydrogen (secondary N) is 1. The standard InChI is InChI=1S/C13H16FNO4S/c14-12-3-1-2-4-13(12)19-8-11(16)7-15-10-5-6-20(17,18)9-10/h1-6,10-11,15-16H,7-9H2. The SMILES string of the molecule is O=S1(=O)C=CC(NCC(O)COc2ccccc2F)C1. The minimum absolute atomic E-state index is 0.00606. The van der Waals surface area contributed by atoms with E-state index in [9.17, 15) is 17.9 Å². The molecule has 7 heteroatoms. The summed E-state index contributed by atoms with van der Waals surface area (Å²) in [4.78, 5) is 0. The number of ether oxygens (including phenoxy) is 1. The van der Waals surface area contributed by atoms with Crippen LogP contribution >= 0.6 is 0 Å². The van der Waals surface area contributed by atoms with E-state index in [2.05, 4.69) is 5.32 Å². The van der Waals surface area contributed by atoms with Crippen LogP contribution in [0.4, 0.5) is 4.39 Å². The van der Waals surface area contributed by atoms with Crippen LogP contribution in [0.2, 0.25) is 0 Å². The van der Waals surface area contributed by atoms with Gasteiger partial charge < -0.3 is 15.2 Å². The number of hydrogen-bond acceptors (Lipinski definition) is 5. The van der Waals surface area contributed by atoms with Gasteiger partial charge in [-0.1, -0.05) is 18.2 Å². The maximum atomic E-state index is 13.3. The van der Waals surface area contributed by atoms with Crippen LogP contribution in [-0.2, 0) is 9.84 Å². The zero-order valence-electron chi connectivity index (χ0n) is 10.7. The molecule has 0 bridgehead atoms. The van der Waals surface area contributed by atoms with Crippen LogP contribution in [0.5, 0.6) is 5.75 Å². The number of sulfone groups is 1. The molecule has 2 unspecified atom stereocenters. The van der Waals surface area contributed by atoms with Crippen LogP contribution in [0.25, 0.3) is 0 Å². The van der Waals surface area contributed by atoms with E-state index in [1.165, 1.54) is 12.1 Å². The van der Waals surface area contributed by atoms with Gasteiger partial charge in [0.15, 0.2) is 21.4 Å². The molecular formula is C13H16FNO4S. The van der Waals surface area contributed by atoms with Gasteiger partial charge in [0, 0.05) is 18.0 Å². The van der Waals surface area contributed by atoms with E-state index >= 15 is 0 Å². The monoisotopic (exact) mass is 301 g/mol. The average Bonchev–Trinajstić information content (AvgIpc) is 2.75. The van der Waals surface area contributed by atoms with Crippen molar-refractivity contribution in [1.29, 1.82) is 0 Å². The highest BCUT2D eigenvalue weighted by Gasteiger charge is 2.21. The number of aliphatic hydroxyl groups excluding tert-OH is 1. The lowest BCUT2D eigenvalue weighted by atomic mass is 10.3. The van der Waals surface area contributed by atoms with Crippen molar-refractivity contribution >= 4 is 9.84 Å². The Hall–Kier alpha value is -1.44. The number of hydrogen-bond donors (Lipinski definition) is 2. The number of aliphatic hydroxyl groups is 1. The molecule has 0 amide bonds. The van der Waals surface area contributed by atoms with Gasteiger partial charge >= 0.3 is 0 Å². The Morgan fingerprint density at radius 2 is 2.20 bits per heavy atom. The van der Waals surface area contributed by atoms with Crippen molar-refractivity contribution in [2.45, 2.75) is 12.1 Å². The molecule has 1 heterocycles. The molecule has 20 heavy (non-hydrogen) atoms. The first-order valence-electron chi connectivity index (χ1n) is 6.16. The molecule has 1 aromatic rings. The molecule has 0 saturated heterocycles. The van der Waals surface area contributed by atoms with Crippen LogP contribution in [0, 0.1) is 5.82 Å². The first-order chi connectivity index (χ1) is 9.46. The van der Waals surface area contributed by atoms with Gasteiger partial charge in [0.05, 0.1) is 5.75 Å². The van der Waals surface area contributed by atoms with Gasteiger partial charge in [0.2, 0.25) is 0 Å². The van der Waals surface area contributed by atoms with Gasteiger partial charge in [-0.2, -0.15) is 0 Å². The predicted molar refractivity (Wildman–Crippen MR) is 72.6 cm³/mol. The largest absolute Gasteiger partial charge is 0.488 e. The maximum Gasteiger partial charge on any atom is 0.173 e. The third kappa shape index (κ3) is 4.29. The first-order valence-corrected chi connectivity index (χ1v) is 7.87. The third-order valence-electron chi connectivity index (χ3n) is 2.81. The van der Waals surface area contributed by atoms with Crippen LogP contribution in [0.15, 0.2) is 35.7 Å². The van der Waals surface area contributed by atoms with Gasteiger partial charge in [0.25, 0.3) is 0 Å². The molecule has 2 atom stereocenters. The highest BCUT2D eigenvalue weighted by Crippen LogP contribution is 2.15. The highest BCUT2D eigenvalue weighted by molar-refractivity contribution is 7.94. The summed E-state index contributed by atoms with van der Waals surface area (Å²) in [6.45, 7) is 0.0934. The molecule has 0 spiro atoms. The van der Waals surface area contributed by atoms with Gasteiger partial charge in [0.1, 0.15) is 12.7 Å². The van der Waals surface area contributed by atoms with Gasteiger partial charge in [-0.25, -0.2) is 12.8 Å². The first kappa shape index (κ1) is 15.0. The van der Waals surface area contributed by atoms with Crippen LogP contribution in [0.3, 0.4) is 0 Å². The molecule has 2 N–H and O–H groups in total. The van der Waals surface area contributed by atoms with Crippen molar-refractivity contribution < 1.29 is 22.7 Å². The minimum atomic E-state index is -3.11. The van der Waals surface area contributed by atoms with Crippen LogP contribution in [0.1, 0.15) is 0 Å². The lowest BCUT2D eigenvalue weighted by Crippen LogP contribution is -2.38. The van der Waals surface area contributed by atoms with E-state index in [1.807, 2.05) is 0 Å². The molecule has 0 radical (unpaired) electrons. The van der Waals surface area contributed by atoms with E-state index < -0.39 is 21.8 Å². The summed E-state index contributed by atoms with van der Waals surface area (Å²) in [7, 11) is -3.11. The Balaban J connectivity index is 1.73.